The van der Waals surface area contributed by atoms with Crippen LogP contribution in [-0.4, -0.2) is 19.1 Å². The molecular weight excluding hydrogens is 299 g/mol. The molecule has 0 aliphatic heterocycles. The monoisotopic (exact) mass is 308 g/mol. The van der Waals surface area contributed by atoms with Crippen molar-refractivity contribution >= 4 is 45.3 Å². The molecule has 0 aliphatic carbocycles. The molecule has 0 saturated carbocycles. The Hall–Kier alpha value is -1.79. The van der Waals surface area contributed by atoms with E-state index in [1.54, 1.807) is 17.5 Å². The Morgan fingerprint density at radius 3 is 3.05 bits per heavy atom. The average molecular weight is 309 g/mol. The number of benzene rings is 1. The zero-order chi connectivity index (χ0) is 14.1. The summed E-state index contributed by atoms with van der Waals surface area (Å²) in [6, 6.07) is 4.53. The van der Waals surface area contributed by atoms with Crippen molar-refractivity contribution in [2.45, 2.75) is 13.5 Å². The van der Waals surface area contributed by atoms with Crippen LogP contribution in [0.2, 0.25) is 0 Å². The van der Waals surface area contributed by atoms with Gasteiger partial charge in [-0.1, -0.05) is 16.1 Å². The first kappa shape index (κ1) is 13.2. The minimum atomic E-state index is -0.311. The smallest absolute Gasteiger partial charge is 0.152 e. The molecule has 0 saturated heterocycles. The lowest BCUT2D eigenvalue weighted by Gasteiger charge is -2.04. The van der Waals surface area contributed by atoms with Gasteiger partial charge in [-0.15, -0.1) is 5.10 Å². The van der Waals surface area contributed by atoms with Crippen molar-refractivity contribution < 1.29 is 4.39 Å². The van der Waals surface area contributed by atoms with Crippen LogP contribution in [0.25, 0.3) is 22.1 Å². The van der Waals surface area contributed by atoms with Gasteiger partial charge in [0.05, 0.1) is 21.8 Å². The second kappa shape index (κ2) is 5.30. The van der Waals surface area contributed by atoms with Gasteiger partial charge >= 0.3 is 0 Å². The van der Waals surface area contributed by atoms with E-state index in [0.29, 0.717) is 28.6 Å². The molecule has 2 heterocycles. The molecule has 0 spiro atoms. The standard InChI is InChI=1S/C13H10ClFN4S/c1-2-19-12-4-3-8(15)5-11(12)16-13(19)10(14)6-9-7-20-18-17-9/h3-7H,2H2,1H3/b10-6+. The number of aryl methyl sites for hydroxylation is 1. The van der Waals surface area contributed by atoms with Gasteiger partial charge in [0, 0.05) is 18.0 Å². The van der Waals surface area contributed by atoms with Gasteiger partial charge in [-0.2, -0.15) is 0 Å². The molecule has 0 unspecified atom stereocenters. The van der Waals surface area contributed by atoms with E-state index >= 15 is 0 Å². The van der Waals surface area contributed by atoms with Crippen molar-refractivity contribution in [2.75, 3.05) is 0 Å². The highest BCUT2D eigenvalue weighted by Gasteiger charge is 2.13. The lowest BCUT2D eigenvalue weighted by molar-refractivity contribution is 0.629. The molecule has 102 valence electrons. The zero-order valence-electron chi connectivity index (χ0n) is 10.5. The lowest BCUT2D eigenvalue weighted by Crippen LogP contribution is -1.98. The Bertz CT molecular complexity index is 779. The molecule has 0 amide bonds. The van der Waals surface area contributed by atoms with Gasteiger partial charge in [-0.25, -0.2) is 9.37 Å². The number of rotatable bonds is 3. The first-order valence-corrected chi connectivity index (χ1v) is 7.21. The normalized spacial score (nSPS) is 12.2. The SMILES string of the molecule is CCn1c(/C(Cl)=C\c2csnn2)nc2cc(F)ccc21. The minimum Gasteiger partial charge on any atom is -0.324 e. The maximum absolute atomic E-state index is 13.3. The predicted molar refractivity (Wildman–Crippen MR) is 79.0 cm³/mol. The lowest BCUT2D eigenvalue weighted by atomic mass is 10.3. The van der Waals surface area contributed by atoms with Crippen LogP contribution in [0.4, 0.5) is 4.39 Å². The molecule has 0 atom stereocenters. The third-order valence-electron chi connectivity index (χ3n) is 2.89. The van der Waals surface area contributed by atoms with Gasteiger partial charge in [0.25, 0.3) is 0 Å². The molecular formula is C13H10ClFN4S. The fourth-order valence-electron chi connectivity index (χ4n) is 2.03. The summed E-state index contributed by atoms with van der Waals surface area (Å²) in [4.78, 5) is 4.40. The molecule has 2 aromatic heterocycles. The van der Waals surface area contributed by atoms with Crippen molar-refractivity contribution in [3.63, 3.8) is 0 Å². The summed E-state index contributed by atoms with van der Waals surface area (Å²) in [6.45, 7) is 2.68. The zero-order valence-corrected chi connectivity index (χ0v) is 12.1. The molecule has 3 aromatic rings. The number of nitrogens with zero attached hydrogens (tertiary/aromatic N) is 4. The van der Waals surface area contributed by atoms with E-state index in [2.05, 4.69) is 14.6 Å². The van der Waals surface area contributed by atoms with Crippen molar-refractivity contribution in [3.8, 4) is 0 Å². The molecule has 0 fully saturated rings. The summed E-state index contributed by atoms with van der Waals surface area (Å²) in [7, 11) is 0. The molecule has 3 rings (SSSR count). The van der Waals surface area contributed by atoms with E-state index in [9.17, 15) is 4.39 Å². The highest BCUT2D eigenvalue weighted by Crippen LogP contribution is 2.26. The van der Waals surface area contributed by atoms with Gasteiger partial charge in [-0.05, 0) is 36.7 Å². The molecule has 0 aliphatic rings. The molecule has 0 radical (unpaired) electrons. The summed E-state index contributed by atoms with van der Waals surface area (Å²) >= 11 is 7.57. The first-order chi connectivity index (χ1) is 9.69. The number of halogens is 2. The van der Waals surface area contributed by atoms with Crippen molar-refractivity contribution in [1.82, 2.24) is 19.1 Å². The van der Waals surface area contributed by atoms with Crippen LogP contribution in [0.15, 0.2) is 23.6 Å². The van der Waals surface area contributed by atoms with Crippen LogP contribution in [0, 0.1) is 5.82 Å². The predicted octanol–water partition coefficient (Wildman–Crippen LogP) is 3.78. The highest BCUT2D eigenvalue weighted by atomic mass is 35.5. The van der Waals surface area contributed by atoms with E-state index in [1.807, 2.05) is 11.5 Å². The maximum atomic E-state index is 13.3. The molecule has 7 heteroatoms. The second-order valence-corrected chi connectivity index (χ2v) is 5.15. The van der Waals surface area contributed by atoms with Gasteiger partial charge in [-0.3, -0.25) is 0 Å². The summed E-state index contributed by atoms with van der Waals surface area (Å²) in [5.41, 5.74) is 2.12. The fourth-order valence-corrected chi connectivity index (χ4v) is 2.70. The molecule has 0 bridgehead atoms. The van der Waals surface area contributed by atoms with Crippen molar-refractivity contribution in [3.05, 3.63) is 40.9 Å². The van der Waals surface area contributed by atoms with Crippen molar-refractivity contribution in [2.24, 2.45) is 0 Å². The van der Waals surface area contributed by atoms with E-state index < -0.39 is 0 Å². The number of hydrogen-bond donors (Lipinski definition) is 0. The highest BCUT2D eigenvalue weighted by molar-refractivity contribution is 7.03. The van der Waals surface area contributed by atoms with Crippen LogP contribution in [0.1, 0.15) is 18.4 Å². The number of fused-ring (bicyclic) bond motifs is 1. The summed E-state index contributed by atoms with van der Waals surface area (Å²) in [6.07, 6.45) is 1.70. The molecule has 4 nitrogen and oxygen atoms in total. The van der Waals surface area contributed by atoms with Gasteiger partial charge < -0.3 is 4.57 Å². The largest absolute Gasteiger partial charge is 0.324 e. The van der Waals surface area contributed by atoms with Crippen molar-refractivity contribution in [1.29, 1.82) is 0 Å². The fraction of sp³-hybridized carbons (Fsp3) is 0.154. The third kappa shape index (κ3) is 2.32. The van der Waals surface area contributed by atoms with Crippen LogP contribution >= 0.6 is 23.1 Å². The van der Waals surface area contributed by atoms with E-state index in [-0.39, 0.29) is 5.82 Å². The number of imidazole rings is 1. The van der Waals surface area contributed by atoms with Gasteiger partial charge in [0.2, 0.25) is 0 Å². The molecule has 1 aromatic carbocycles. The van der Waals surface area contributed by atoms with E-state index in [4.69, 9.17) is 11.6 Å². The second-order valence-electron chi connectivity index (χ2n) is 4.13. The van der Waals surface area contributed by atoms with Crippen LogP contribution in [0.3, 0.4) is 0 Å². The first-order valence-electron chi connectivity index (χ1n) is 5.99. The summed E-state index contributed by atoms with van der Waals surface area (Å²) in [5.74, 6) is 0.288. The molecule has 20 heavy (non-hydrogen) atoms. The van der Waals surface area contributed by atoms with Crippen LogP contribution in [-0.2, 0) is 6.54 Å². The van der Waals surface area contributed by atoms with Gasteiger partial charge in [0.1, 0.15) is 5.82 Å². The molecule has 0 N–H and O–H groups in total. The number of aromatic nitrogens is 4. The quantitative estimate of drug-likeness (QED) is 0.739. The average Bonchev–Trinajstić information content (AvgIpc) is 3.04. The number of hydrogen-bond acceptors (Lipinski definition) is 4. The van der Waals surface area contributed by atoms with Crippen LogP contribution in [0.5, 0.6) is 0 Å². The Morgan fingerprint density at radius 2 is 2.35 bits per heavy atom. The Morgan fingerprint density at radius 1 is 1.50 bits per heavy atom. The Labute approximate surface area is 123 Å². The summed E-state index contributed by atoms with van der Waals surface area (Å²) in [5, 5.41) is 6.16. The van der Waals surface area contributed by atoms with Crippen LogP contribution < -0.4 is 0 Å². The third-order valence-corrected chi connectivity index (χ3v) is 3.69. The van der Waals surface area contributed by atoms with Gasteiger partial charge in [0.15, 0.2) is 5.82 Å². The van der Waals surface area contributed by atoms with E-state index in [0.717, 1.165) is 5.52 Å². The topological polar surface area (TPSA) is 43.6 Å². The summed E-state index contributed by atoms with van der Waals surface area (Å²) < 4.78 is 19.0. The Kier molecular flexibility index (Phi) is 3.50. The maximum Gasteiger partial charge on any atom is 0.152 e. The Balaban J connectivity index is 2.15. The minimum absolute atomic E-state index is 0.311. The van der Waals surface area contributed by atoms with E-state index in [1.165, 1.54) is 23.7 Å².